The molecule has 4 N–H and O–H groups in total. The molecule has 2 fully saturated rings. The molecule has 14 heteroatoms. The number of aromatic nitrogens is 2. The van der Waals surface area contributed by atoms with Gasteiger partial charge in [-0.25, -0.2) is 19.9 Å². The van der Waals surface area contributed by atoms with Crippen molar-refractivity contribution in [1.29, 1.82) is 0 Å². The topological polar surface area (TPSA) is 191 Å². The number of ether oxygens (including phenoxy) is 4. The normalized spacial score (nSPS) is 26.0. The second-order valence-corrected chi connectivity index (χ2v) is 7.56. The van der Waals surface area contributed by atoms with E-state index in [0.717, 1.165) is 4.57 Å². The Kier molecular flexibility index (Phi) is 6.96. The number of fused-ring (bicyclic) bond motifs is 1. The zero-order valence-electron chi connectivity index (χ0n) is 17.5. The van der Waals surface area contributed by atoms with Gasteiger partial charge in [-0.3, -0.25) is 9.36 Å². The quantitative estimate of drug-likeness (QED) is 0.241. The van der Waals surface area contributed by atoms with E-state index in [1.54, 1.807) is 13.8 Å². The number of aliphatic hydroxyl groups is 1. The molecule has 1 aromatic heterocycles. The first-order valence-electron chi connectivity index (χ1n) is 9.77. The average molecular weight is 456 g/mol. The summed E-state index contributed by atoms with van der Waals surface area (Å²) >= 11 is 0. The van der Waals surface area contributed by atoms with Crippen molar-refractivity contribution in [2.75, 3.05) is 12.1 Å². The summed E-state index contributed by atoms with van der Waals surface area (Å²) in [5, 5.41) is 9.29. The van der Waals surface area contributed by atoms with Gasteiger partial charge in [0.05, 0.1) is 12.0 Å². The summed E-state index contributed by atoms with van der Waals surface area (Å²) in [6.07, 6.45) is -4.60. The molecule has 2 saturated heterocycles. The third kappa shape index (κ3) is 4.98. The Morgan fingerprint density at radius 3 is 2.56 bits per heavy atom. The number of hydrogen-bond donors (Lipinski definition) is 3. The zero-order valence-corrected chi connectivity index (χ0v) is 17.5. The summed E-state index contributed by atoms with van der Waals surface area (Å²) in [7, 11) is 0. The molecule has 0 amide bonds. The van der Waals surface area contributed by atoms with Gasteiger partial charge in [0.25, 0.3) is 0 Å². The lowest BCUT2D eigenvalue weighted by Gasteiger charge is -2.19. The van der Waals surface area contributed by atoms with Gasteiger partial charge < -0.3 is 34.6 Å². The van der Waals surface area contributed by atoms with E-state index in [1.807, 2.05) is 0 Å². The van der Waals surface area contributed by atoms with Crippen LogP contribution in [0, 0.1) is 5.92 Å². The van der Waals surface area contributed by atoms with E-state index in [-0.39, 0.29) is 18.3 Å². The summed E-state index contributed by atoms with van der Waals surface area (Å²) in [5.74, 6) is -1.89. The van der Waals surface area contributed by atoms with Crippen LogP contribution in [0.1, 0.15) is 27.0 Å². The van der Waals surface area contributed by atoms with Crippen LogP contribution in [0.15, 0.2) is 17.1 Å². The van der Waals surface area contributed by atoms with Crippen molar-refractivity contribution in [2.24, 2.45) is 11.7 Å². The van der Waals surface area contributed by atoms with Crippen LogP contribution in [0.4, 0.5) is 10.6 Å². The molecule has 32 heavy (non-hydrogen) atoms. The average Bonchev–Trinajstić information content (AvgIpc) is 3.27. The third-order valence-electron chi connectivity index (χ3n) is 4.76. The maximum atomic E-state index is 12.5. The summed E-state index contributed by atoms with van der Waals surface area (Å²) in [5.41, 5.74) is 6.79. The van der Waals surface area contributed by atoms with E-state index in [1.165, 1.54) is 19.2 Å². The fraction of sp³-hybridized carbons (Fsp3) is 0.611. The first-order valence-corrected chi connectivity index (χ1v) is 9.77. The number of carbonyl (C=O) groups excluding carboxylic acids is 3. The molecule has 176 valence electrons. The number of nitrogens with zero attached hydrogens (tertiary/aromatic N) is 2. The zero-order chi connectivity index (χ0) is 23.6. The van der Waals surface area contributed by atoms with Gasteiger partial charge in [0.1, 0.15) is 18.8 Å². The predicted molar refractivity (Wildman–Crippen MR) is 103 cm³/mol. The van der Waals surface area contributed by atoms with Gasteiger partial charge in [-0.05, 0) is 6.92 Å². The molecule has 0 bridgehead atoms. The second kappa shape index (κ2) is 9.50. The molecular weight excluding hydrogens is 432 g/mol. The Balaban J connectivity index is 1.70. The molecule has 0 spiro atoms. The number of nitrogens with one attached hydrogen (secondary N) is 1. The minimum atomic E-state index is -1.29. The van der Waals surface area contributed by atoms with Gasteiger partial charge >= 0.3 is 23.8 Å². The molecule has 0 aliphatic carbocycles. The Hall–Kier alpha value is -3.23. The summed E-state index contributed by atoms with van der Waals surface area (Å²) in [4.78, 5) is 55.9. The Morgan fingerprint density at radius 1 is 1.25 bits per heavy atom. The molecule has 0 unspecified atom stereocenters. The number of anilines is 1. The molecule has 0 saturated carbocycles. The number of aliphatic hydroxyl groups excluding tert-OH is 1. The number of nitrogens with two attached hydrogens (primary N) is 1. The monoisotopic (exact) mass is 456 g/mol. The van der Waals surface area contributed by atoms with E-state index in [0.29, 0.717) is 0 Å². The van der Waals surface area contributed by atoms with Crippen molar-refractivity contribution in [3.05, 3.63) is 22.7 Å². The molecule has 6 atom stereocenters. The Morgan fingerprint density at radius 2 is 1.94 bits per heavy atom. The van der Waals surface area contributed by atoms with E-state index >= 15 is 0 Å². The largest absolute Gasteiger partial charge is 0.509 e. The van der Waals surface area contributed by atoms with Gasteiger partial charge in [-0.15, -0.1) is 0 Å². The van der Waals surface area contributed by atoms with E-state index in [9.17, 15) is 24.3 Å². The van der Waals surface area contributed by atoms with Gasteiger partial charge in [0.2, 0.25) is 0 Å². The van der Waals surface area contributed by atoms with Crippen LogP contribution in [0.5, 0.6) is 0 Å². The fourth-order valence-corrected chi connectivity index (χ4v) is 2.95. The molecule has 3 heterocycles. The Labute approximate surface area is 181 Å². The standard InChI is InChI=1S/C18H24N4O10/c1-7(2)15(24)28-6-9-12-13(31-18(27)30-12)14(29-9)22-5-4-10(20-17(22)26)21-32-16(25)11(19)8(3)23/h4-5,7-9,11-14,23H,6,19H2,1-3H3,(H,20,21,26)/t8-,9+,11+,12+,13+,14+/m0/s1. The molecule has 3 rings (SSSR count). The van der Waals surface area contributed by atoms with E-state index < -0.39 is 60.5 Å². The van der Waals surface area contributed by atoms with Crippen LogP contribution in [-0.2, 0) is 33.4 Å². The van der Waals surface area contributed by atoms with E-state index in [2.05, 4.69) is 10.5 Å². The lowest BCUT2D eigenvalue weighted by atomic mass is 10.1. The molecule has 0 aromatic carbocycles. The molecule has 2 aliphatic rings. The third-order valence-corrected chi connectivity index (χ3v) is 4.76. The highest BCUT2D eigenvalue weighted by Gasteiger charge is 2.55. The molecule has 0 radical (unpaired) electrons. The maximum absolute atomic E-state index is 12.5. The summed E-state index contributed by atoms with van der Waals surface area (Å²) in [6, 6.07) is 0.00972. The molecule has 1 aromatic rings. The van der Waals surface area contributed by atoms with Crippen LogP contribution < -0.4 is 16.9 Å². The van der Waals surface area contributed by atoms with Crippen LogP contribution in [0.25, 0.3) is 0 Å². The maximum Gasteiger partial charge on any atom is 0.509 e. The van der Waals surface area contributed by atoms with Crippen LogP contribution >= 0.6 is 0 Å². The van der Waals surface area contributed by atoms with Crippen molar-refractivity contribution in [2.45, 2.75) is 57.5 Å². The van der Waals surface area contributed by atoms with Crippen LogP contribution in [0.3, 0.4) is 0 Å². The fourth-order valence-electron chi connectivity index (χ4n) is 2.95. The summed E-state index contributed by atoms with van der Waals surface area (Å²) in [6.45, 7) is 4.44. The number of rotatable bonds is 8. The van der Waals surface area contributed by atoms with Gasteiger partial charge in [-0.1, -0.05) is 13.8 Å². The number of hydrogen-bond acceptors (Lipinski definition) is 13. The smallest absolute Gasteiger partial charge is 0.463 e. The highest BCUT2D eigenvalue weighted by atomic mass is 16.8. The van der Waals surface area contributed by atoms with Crippen LogP contribution in [-0.4, -0.2) is 69.8 Å². The van der Waals surface area contributed by atoms with Crippen molar-refractivity contribution in [3.63, 3.8) is 0 Å². The molecule has 2 aliphatic heterocycles. The highest BCUT2D eigenvalue weighted by molar-refractivity contribution is 5.76. The summed E-state index contributed by atoms with van der Waals surface area (Å²) < 4.78 is 22.2. The SMILES string of the molecule is CC(C)C(=O)OC[C@H]1O[C@@H](n2ccc(NOC(=O)[C@H](N)[C@H](C)O)nc2=O)[C@@H]2OC(=O)O[C@@H]21. The molecule has 14 nitrogen and oxygen atoms in total. The predicted octanol–water partition coefficient (Wildman–Crippen LogP) is -1.18. The minimum absolute atomic E-state index is 0.117. The van der Waals surface area contributed by atoms with Crippen molar-refractivity contribution >= 4 is 23.9 Å². The van der Waals surface area contributed by atoms with Crippen molar-refractivity contribution in [1.82, 2.24) is 9.55 Å². The number of esters is 1. The Bertz CT molecular complexity index is 933. The van der Waals surface area contributed by atoms with Crippen molar-refractivity contribution in [3.8, 4) is 0 Å². The van der Waals surface area contributed by atoms with E-state index in [4.69, 9.17) is 29.5 Å². The van der Waals surface area contributed by atoms with Gasteiger partial charge in [0.15, 0.2) is 24.3 Å². The van der Waals surface area contributed by atoms with Crippen LogP contribution in [0.2, 0.25) is 0 Å². The minimum Gasteiger partial charge on any atom is -0.463 e. The lowest BCUT2D eigenvalue weighted by Crippen LogP contribution is -2.42. The lowest BCUT2D eigenvalue weighted by molar-refractivity contribution is -0.154. The highest BCUT2D eigenvalue weighted by Crippen LogP contribution is 2.37. The molecular formula is C18H24N4O10. The number of carbonyl (C=O) groups is 3. The van der Waals surface area contributed by atoms with Gasteiger partial charge in [-0.2, -0.15) is 4.98 Å². The first kappa shape index (κ1) is 23.4. The van der Waals surface area contributed by atoms with Crippen molar-refractivity contribution < 1.29 is 43.3 Å². The van der Waals surface area contributed by atoms with Gasteiger partial charge in [0, 0.05) is 12.3 Å². The first-order chi connectivity index (χ1) is 15.1. The second-order valence-electron chi connectivity index (χ2n) is 7.56.